The number of hydrogen-bond acceptors (Lipinski definition) is 2. The summed E-state index contributed by atoms with van der Waals surface area (Å²) in [6.45, 7) is 6.18. The maximum absolute atomic E-state index is 5.89. The summed E-state index contributed by atoms with van der Waals surface area (Å²) < 4.78 is 2.01. The van der Waals surface area contributed by atoms with E-state index in [0.717, 1.165) is 18.1 Å². The van der Waals surface area contributed by atoms with Crippen LogP contribution in [-0.4, -0.2) is 10.8 Å². The minimum atomic E-state index is 0.631. The first-order valence-electron chi connectivity index (χ1n) is 4.76. The molecule has 1 aromatic carbocycles. The van der Waals surface area contributed by atoms with Gasteiger partial charge in [0.1, 0.15) is 0 Å². The lowest BCUT2D eigenvalue weighted by Crippen LogP contribution is -2.17. The van der Waals surface area contributed by atoms with Gasteiger partial charge in [-0.25, -0.2) is 4.31 Å². The molecule has 0 saturated carbocycles. The van der Waals surface area contributed by atoms with Crippen molar-refractivity contribution in [1.29, 1.82) is 0 Å². The Labute approximate surface area is 96.6 Å². The molecule has 1 rings (SSSR count). The summed E-state index contributed by atoms with van der Waals surface area (Å²) in [5.74, 6) is 0.631. The molecule has 0 unspecified atom stereocenters. The van der Waals surface area contributed by atoms with E-state index in [2.05, 4.69) is 32.7 Å². The second kappa shape index (κ2) is 5.64. The van der Waals surface area contributed by atoms with Gasteiger partial charge in [0.2, 0.25) is 0 Å². The van der Waals surface area contributed by atoms with Crippen LogP contribution in [0, 0.1) is 5.92 Å². The standard InChI is InChI=1S/C11H16ClNS/c1-9(2)7-13(14)8-10-4-3-5-11(12)6-10/h3-6,9,14H,7-8H2,1-2H3. The van der Waals surface area contributed by atoms with Crippen molar-refractivity contribution in [2.75, 3.05) is 6.54 Å². The highest BCUT2D eigenvalue weighted by atomic mass is 35.5. The molecule has 0 heterocycles. The molecule has 0 amide bonds. The van der Waals surface area contributed by atoms with Crippen LogP contribution in [0.25, 0.3) is 0 Å². The number of rotatable bonds is 4. The largest absolute Gasteiger partial charge is 0.249 e. The summed E-state index contributed by atoms with van der Waals surface area (Å²) in [5, 5.41) is 0.786. The van der Waals surface area contributed by atoms with Crippen LogP contribution in [0.3, 0.4) is 0 Å². The molecule has 0 spiro atoms. The molecule has 1 aromatic rings. The molecule has 0 atom stereocenters. The van der Waals surface area contributed by atoms with Crippen molar-refractivity contribution < 1.29 is 0 Å². The Morgan fingerprint density at radius 2 is 2.14 bits per heavy atom. The van der Waals surface area contributed by atoms with Crippen LogP contribution in [-0.2, 0) is 6.54 Å². The number of thiol groups is 1. The zero-order valence-electron chi connectivity index (χ0n) is 8.57. The topological polar surface area (TPSA) is 3.24 Å². The normalized spacial score (nSPS) is 11.3. The summed E-state index contributed by atoms with van der Waals surface area (Å²) >= 11 is 10.3. The second-order valence-electron chi connectivity index (χ2n) is 3.87. The minimum absolute atomic E-state index is 0.631. The van der Waals surface area contributed by atoms with Gasteiger partial charge in [-0.15, -0.1) is 0 Å². The van der Waals surface area contributed by atoms with E-state index < -0.39 is 0 Å². The molecule has 0 aliphatic rings. The Morgan fingerprint density at radius 3 is 2.71 bits per heavy atom. The maximum atomic E-state index is 5.89. The predicted molar refractivity (Wildman–Crippen MR) is 65.7 cm³/mol. The Balaban J connectivity index is 2.51. The van der Waals surface area contributed by atoms with E-state index in [4.69, 9.17) is 11.6 Å². The first-order valence-corrected chi connectivity index (χ1v) is 5.54. The van der Waals surface area contributed by atoms with E-state index in [-0.39, 0.29) is 0 Å². The monoisotopic (exact) mass is 229 g/mol. The first kappa shape index (κ1) is 11.9. The van der Waals surface area contributed by atoms with Gasteiger partial charge in [0.05, 0.1) is 0 Å². The third-order valence-corrected chi connectivity index (χ3v) is 2.37. The van der Waals surface area contributed by atoms with E-state index in [0.29, 0.717) is 5.92 Å². The van der Waals surface area contributed by atoms with Crippen LogP contribution in [0.1, 0.15) is 19.4 Å². The van der Waals surface area contributed by atoms with Crippen molar-refractivity contribution in [3.63, 3.8) is 0 Å². The third kappa shape index (κ3) is 4.36. The maximum Gasteiger partial charge on any atom is 0.0409 e. The van der Waals surface area contributed by atoms with Gasteiger partial charge in [-0.2, -0.15) is 0 Å². The molecule has 0 aliphatic carbocycles. The summed E-state index contributed by atoms with van der Waals surface area (Å²) in [6, 6.07) is 7.89. The van der Waals surface area contributed by atoms with Crippen LogP contribution >= 0.6 is 24.4 Å². The van der Waals surface area contributed by atoms with Crippen molar-refractivity contribution in [3.8, 4) is 0 Å². The highest BCUT2D eigenvalue weighted by molar-refractivity contribution is 7.77. The van der Waals surface area contributed by atoms with Crippen molar-refractivity contribution in [2.24, 2.45) is 5.92 Å². The summed E-state index contributed by atoms with van der Waals surface area (Å²) in [7, 11) is 0. The Hall–Kier alpha value is -0.180. The van der Waals surface area contributed by atoms with Crippen molar-refractivity contribution in [2.45, 2.75) is 20.4 Å². The van der Waals surface area contributed by atoms with Gasteiger partial charge >= 0.3 is 0 Å². The lowest BCUT2D eigenvalue weighted by atomic mass is 10.2. The molecule has 1 nitrogen and oxygen atoms in total. The fraction of sp³-hybridized carbons (Fsp3) is 0.455. The van der Waals surface area contributed by atoms with Gasteiger partial charge in [-0.3, -0.25) is 0 Å². The molecular weight excluding hydrogens is 214 g/mol. The zero-order chi connectivity index (χ0) is 10.6. The van der Waals surface area contributed by atoms with E-state index in [1.165, 1.54) is 5.56 Å². The molecule has 0 N–H and O–H groups in total. The summed E-state index contributed by atoms with van der Waals surface area (Å²) in [5.41, 5.74) is 1.20. The van der Waals surface area contributed by atoms with Crippen molar-refractivity contribution in [3.05, 3.63) is 34.9 Å². The van der Waals surface area contributed by atoms with Crippen LogP contribution < -0.4 is 0 Å². The molecule has 0 aliphatic heterocycles. The predicted octanol–water partition coefficient (Wildman–Crippen LogP) is 3.64. The highest BCUT2D eigenvalue weighted by Crippen LogP contribution is 2.14. The van der Waals surface area contributed by atoms with Gasteiger partial charge in [0.15, 0.2) is 0 Å². The highest BCUT2D eigenvalue weighted by Gasteiger charge is 2.03. The van der Waals surface area contributed by atoms with Gasteiger partial charge in [-0.05, 0) is 23.6 Å². The second-order valence-corrected chi connectivity index (χ2v) is 4.87. The van der Waals surface area contributed by atoms with Crippen LogP contribution in [0.4, 0.5) is 0 Å². The molecule has 0 bridgehead atoms. The minimum Gasteiger partial charge on any atom is -0.249 e. The fourth-order valence-electron chi connectivity index (χ4n) is 1.33. The van der Waals surface area contributed by atoms with E-state index >= 15 is 0 Å². The molecule has 0 fully saturated rings. The molecule has 0 radical (unpaired) electrons. The Morgan fingerprint density at radius 1 is 1.43 bits per heavy atom. The quantitative estimate of drug-likeness (QED) is 0.772. The van der Waals surface area contributed by atoms with Crippen molar-refractivity contribution >= 4 is 24.4 Å². The molecular formula is C11H16ClNS. The average Bonchev–Trinajstić information content (AvgIpc) is 2.01. The Bertz CT molecular complexity index is 288. The molecule has 78 valence electrons. The average molecular weight is 230 g/mol. The van der Waals surface area contributed by atoms with Gasteiger partial charge in [0.25, 0.3) is 0 Å². The Kier molecular flexibility index (Phi) is 4.79. The third-order valence-electron chi connectivity index (χ3n) is 1.83. The number of benzene rings is 1. The van der Waals surface area contributed by atoms with Crippen LogP contribution in [0.15, 0.2) is 24.3 Å². The zero-order valence-corrected chi connectivity index (χ0v) is 10.2. The molecule has 3 heteroatoms. The van der Waals surface area contributed by atoms with E-state index in [1.807, 2.05) is 22.5 Å². The molecule has 14 heavy (non-hydrogen) atoms. The lowest BCUT2D eigenvalue weighted by molar-refractivity contribution is 0.406. The van der Waals surface area contributed by atoms with Crippen molar-refractivity contribution in [1.82, 2.24) is 4.31 Å². The lowest BCUT2D eigenvalue weighted by Gasteiger charge is -2.17. The number of hydrogen-bond donors (Lipinski definition) is 1. The number of nitrogens with zero attached hydrogens (tertiary/aromatic N) is 1. The molecule has 0 aromatic heterocycles. The van der Waals surface area contributed by atoms with Gasteiger partial charge in [0, 0.05) is 18.1 Å². The van der Waals surface area contributed by atoms with E-state index in [1.54, 1.807) is 0 Å². The van der Waals surface area contributed by atoms with Gasteiger partial charge < -0.3 is 0 Å². The summed E-state index contributed by atoms with van der Waals surface area (Å²) in [6.07, 6.45) is 0. The van der Waals surface area contributed by atoms with Gasteiger partial charge in [-0.1, -0.05) is 50.4 Å². The smallest absolute Gasteiger partial charge is 0.0409 e. The van der Waals surface area contributed by atoms with Crippen LogP contribution in [0.5, 0.6) is 0 Å². The SMILES string of the molecule is CC(C)CN(S)Cc1cccc(Cl)c1. The number of halogens is 1. The van der Waals surface area contributed by atoms with E-state index in [9.17, 15) is 0 Å². The van der Waals surface area contributed by atoms with Crippen LogP contribution in [0.2, 0.25) is 5.02 Å². The summed E-state index contributed by atoms with van der Waals surface area (Å²) in [4.78, 5) is 0. The first-order chi connectivity index (χ1) is 6.58. The molecule has 0 saturated heterocycles. The fourth-order valence-corrected chi connectivity index (χ4v) is 2.03.